The van der Waals surface area contributed by atoms with Gasteiger partial charge in [-0.15, -0.1) is 0 Å². The fourth-order valence-electron chi connectivity index (χ4n) is 1.53. The largest absolute Gasteiger partial charge is 0.416 e. The molecule has 2 aromatic rings. The lowest BCUT2D eigenvalue weighted by Gasteiger charge is -2.13. The Hall–Kier alpha value is -1.93. The first-order chi connectivity index (χ1) is 9.79. The van der Waals surface area contributed by atoms with E-state index in [4.69, 9.17) is 29.6 Å². The van der Waals surface area contributed by atoms with Crippen LogP contribution in [-0.2, 0) is 6.18 Å². The molecule has 0 saturated carbocycles. The highest BCUT2D eigenvalue weighted by Gasteiger charge is 2.31. The fraction of sp³-hybridized carbons (Fsp3) is 0.0833. The van der Waals surface area contributed by atoms with Crippen LogP contribution in [0, 0.1) is 0 Å². The second-order valence-electron chi connectivity index (χ2n) is 3.94. The molecule has 0 spiro atoms. The van der Waals surface area contributed by atoms with E-state index >= 15 is 0 Å². The lowest BCUT2D eigenvalue weighted by atomic mass is 10.2. The number of thiocarbonyl (C=S) groups is 1. The fourth-order valence-corrected chi connectivity index (χ4v) is 1.85. The van der Waals surface area contributed by atoms with Crippen LogP contribution in [0.25, 0.3) is 0 Å². The molecule has 1 aromatic carbocycles. The Bertz CT molecular complexity index is 690. The summed E-state index contributed by atoms with van der Waals surface area (Å²) < 4.78 is 38.1. The number of anilines is 2. The van der Waals surface area contributed by atoms with Crippen LogP contribution < -0.4 is 11.1 Å². The smallest absolute Gasteiger partial charge is 0.388 e. The highest BCUT2D eigenvalue weighted by atomic mass is 35.5. The van der Waals surface area contributed by atoms with Crippen LogP contribution in [0.3, 0.4) is 0 Å². The normalized spacial score (nSPS) is 11.2. The molecule has 0 bridgehead atoms. The summed E-state index contributed by atoms with van der Waals surface area (Å²) in [7, 11) is 0. The summed E-state index contributed by atoms with van der Waals surface area (Å²) in [6.07, 6.45) is -1.76. The molecule has 0 aliphatic carbocycles. The van der Waals surface area contributed by atoms with Crippen LogP contribution in [0.5, 0.6) is 0 Å². The van der Waals surface area contributed by atoms with Gasteiger partial charge in [-0.2, -0.15) is 13.2 Å². The molecule has 21 heavy (non-hydrogen) atoms. The maximum Gasteiger partial charge on any atom is 0.416 e. The topological polar surface area (TPSA) is 63.8 Å². The lowest BCUT2D eigenvalue weighted by molar-refractivity contribution is -0.137. The van der Waals surface area contributed by atoms with Crippen molar-refractivity contribution in [2.24, 2.45) is 5.73 Å². The van der Waals surface area contributed by atoms with Crippen molar-refractivity contribution in [1.82, 2.24) is 9.97 Å². The Morgan fingerprint density at radius 2 is 1.90 bits per heavy atom. The minimum atomic E-state index is -4.48. The number of nitrogens with two attached hydrogens (primary N) is 1. The van der Waals surface area contributed by atoms with E-state index in [0.29, 0.717) is 0 Å². The van der Waals surface area contributed by atoms with Gasteiger partial charge < -0.3 is 11.1 Å². The summed E-state index contributed by atoms with van der Waals surface area (Å²) >= 11 is 10.7. The summed E-state index contributed by atoms with van der Waals surface area (Å²) in [6.45, 7) is 0. The van der Waals surface area contributed by atoms with Crippen molar-refractivity contribution in [1.29, 1.82) is 0 Å². The van der Waals surface area contributed by atoms with Gasteiger partial charge in [0, 0.05) is 12.4 Å². The summed E-state index contributed by atoms with van der Waals surface area (Å²) in [6, 6.07) is 2.91. The predicted octanol–water partition coefficient (Wildman–Crippen LogP) is 3.53. The van der Waals surface area contributed by atoms with Crippen LogP contribution in [-0.4, -0.2) is 15.0 Å². The van der Waals surface area contributed by atoms with Crippen molar-refractivity contribution >= 4 is 40.3 Å². The molecular weight excluding hydrogens is 325 g/mol. The van der Waals surface area contributed by atoms with E-state index in [-0.39, 0.29) is 27.2 Å². The van der Waals surface area contributed by atoms with Crippen molar-refractivity contribution in [2.75, 3.05) is 5.32 Å². The van der Waals surface area contributed by atoms with Crippen molar-refractivity contribution in [3.05, 3.63) is 46.9 Å². The summed E-state index contributed by atoms with van der Waals surface area (Å²) in [4.78, 5) is 7.83. The monoisotopic (exact) mass is 332 g/mol. The van der Waals surface area contributed by atoms with E-state index in [1.807, 2.05) is 0 Å². The van der Waals surface area contributed by atoms with Crippen LogP contribution in [0.15, 0.2) is 30.6 Å². The third-order valence-corrected chi connectivity index (χ3v) is 3.00. The van der Waals surface area contributed by atoms with Gasteiger partial charge in [-0.05, 0) is 18.2 Å². The quantitative estimate of drug-likeness (QED) is 0.842. The first kappa shape index (κ1) is 15.5. The minimum absolute atomic E-state index is 0.0319. The Labute approximate surface area is 128 Å². The first-order valence-corrected chi connectivity index (χ1v) is 6.32. The maximum absolute atomic E-state index is 12.7. The number of nitrogens with zero attached hydrogens (tertiary/aromatic N) is 2. The molecule has 1 aromatic heterocycles. The van der Waals surface area contributed by atoms with E-state index < -0.39 is 11.7 Å². The minimum Gasteiger partial charge on any atom is -0.388 e. The summed E-state index contributed by atoms with van der Waals surface area (Å²) in [5.74, 6) is 0.131. The standard InChI is InChI=1S/C12H8ClF3N4S/c13-7-2-1-6(12(14,15)16)5-8(7)20-11-9(10(17)21)18-3-4-19-11/h1-5H,(H2,17,21)(H,19,20). The highest BCUT2D eigenvalue weighted by Crippen LogP contribution is 2.34. The van der Waals surface area contributed by atoms with Crippen LogP contribution in [0.4, 0.5) is 24.7 Å². The van der Waals surface area contributed by atoms with Crippen molar-refractivity contribution in [3.63, 3.8) is 0 Å². The van der Waals surface area contributed by atoms with E-state index in [2.05, 4.69) is 15.3 Å². The molecule has 0 aliphatic heterocycles. The van der Waals surface area contributed by atoms with Gasteiger partial charge in [-0.1, -0.05) is 23.8 Å². The van der Waals surface area contributed by atoms with Crippen LogP contribution in [0.2, 0.25) is 5.02 Å². The molecule has 3 N–H and O–H groups in total. The van der Waals surface area contributed by atoms with Gasteiger partial charge in [0.1, 0.15) is 10.7 Å². The average molecular weight is 333 g/mol. The van der Waals surface area contributed by atoms with Gasteiger partial charge in [0.15, 0.2) is 5.82 Å². The Morgan fingerprint density at radius 1 is 1.24 bits per heavy atom. The average Bonchev–Trinajstić information content (AvgIpc) is 2.40. The number of aromatic nitrogens is 2. The lowest BCUT2D eigenvalue weighted by Crippen LogP contribution is -2.15. The second-order valence-corrected chi connectivity index (χ2v) is 4.78. The summed E-state index contributed by atoms with van der Waals surface area (Å²) in [5.41, 5.74) is 4.84. The van der Waals surface area contributed by atoms with Gasteiger partial charge in [0.05, 0.1) is 16.3 Å². The number of halogens is 4. The molecule has 0 radical (unpaired) electrons. The Kier molecular flexibility index (Phi) is 4.29. The van der Waals surface area contributed by atoms with E-state index in [1.54, 1.807) is 0 Å². The van der Waals surface area contributed by atoms with E-state index in [9.17, 15) is 13.2 Å². The van der Waals surface area contributed by atoms with Crippen molar-refractivity contribution in [3.8, 4) is 0 Å². The number of hydrogen-bond acceptors (Lipinski definition) is 4. The zero-order valence-corrected chi connectivity index (χ0v) is 11.9. The Balaban J connectivity index is 2.43. The predicted molar refractivity (Wildman–Crippen MR) is 77.7 cm³/mol. The molecule has 2 rings (SSSR count). The molecule has 0 amide bonds. The molecule has 0 unspecified atom stereocenters. The van der Waals surface area contributed by atoms with Gasteiger partial charge in [-0.3, -0.25) is 0 Å². The van der Waals surface area contributed by atoms with E-state index in [1.165, 1.54) is 12.4 Å². The number of rotatable bonds is 3. The second kappa shape index (κ2) is 5.82. The molecule has 0 aliphatic rings. The van der Waals surface area contributed by atoms with Crippen molar-refractivity contribution < 1.29 is 13.2 Å². The van der Waals surface area contributed by atoms with Crippen LogP contribution >= 0.6 is 23.8 Å². The Morgan fingerprint density at radius 3 is 2.52 bits per heavy atom. The van der Waals surface area contributed by atoms with Gasteiger partial charge in [-0.25, -0.2) is 9.97 Å². The first-order valence-electron chi connectivity index (χ1n) is 5.53. The van der Waals surface area contributed by atoms with Crippen LogP contribution in [0.1, 0.15) is 11.3 Å². The number of alkyl halides is 3. The third-order valence-electron chi connectivity index (χ3n) is 2.48. The number of hydrogen-bond donors (Lipinski definition) is 2. The molecule has 1 heterocycles. The summed E-state index contributed by atoms with van der Waals surface area (Å²) in [5, 5.41) is 2.76. The van der Waals surface area contributed by atoms with Gasteiger partial charge >= 0.3 is 6.18 Å². The molecule has 0 saturated heterocycles. The van der Waals surface area contributed by atoms with Gasteiger partial charge in [0.2, 0.25) is 0 Å². The highest BCUT2D eigenvalue weighted by molar-refractivity contribution is 7.80. The zero-order chi connectivity index (χ0) is 15.6. The van der Waals surface area contributed by atoms with E-state index in [0.717, 1.165) is 18.2 Å². The SMILES string of the molecule is NC(=S)c1nccnc1Nc1cc(C(F)(F)F)ccc1Cl. The molecule has 4 nitrogen and oxygen atoms in total. The van der Waals surface area contributed by atoms with Gasteiger partial charge in [0.25, 0.3) is 0 Å². The van der Waals surface area contributed by atoms with Crippen molar-refractivity contribution in [2.45, 2.75) is 6.18 Å². The maximum atomic E-state index is 12.7. The number of nitrogens with one attached hydrogen (secondary N) is 1. The number of benzene rings is 1. The third kappa shape index (κ3) is 3.59. The molecule has 9 heteroatoms. The molecular formula is C12H8ClF3N4S. The molecule has 0 fully saturated rings. The zero-order valence-electron chi connectivity index (χ0n) is 10.3. The molecule has 0 atom stereocenters. The molecule has 110 valence electrons.